The second-order valence-electron chi connectivity index (χ2n) is 8.55. The first-order valence-corrected chi connectivity index (χ1v) is 10.3. The maximum atomic E-state index is 12.5. The van der Waals surface area contributed by atoms with E-state index in [1.807, 2.05) is 20.8 Å². The number of H-pyrrole nitrogens is 1. The van der Waals surface area contributed by atoms with E-state index in [4.69, 9.17) is 4.74 Å². The standard InChI is InChI=1S/C20H28N6O6/c1-20(2,3)32-19(30)25-7-5-12(6-8-25)14-9-15(27)22-17-13(10-21-26(14)17)18(29)24-23-16(28)11-31-4/h9-10,12H,5-8,11H2,1-4H3,(H,22,27)(H,23,28)(H,24,29). The number of nitrogens with one attached hydrogen (secondary N) is 3. The maximum absolute atomic E-state index is 12.5. The number of aromatic amines is 1. The first kappa shape index (κ1) is 23.3. The van der Waals surface area contributed by atoms with Crippen LogP contribution in [0.1, 0.15) is 55.6 Å². The second-order valence-corrected chi connectivity index (χ2v) is 8.55. The van der Waals surface area contributed by atoms with Crippen LogP contribution in [0.25, 0.3) is 5.65 Å². The van der Waals surface area contributed by atoms with E-state index in [2.05, 4.69) is 25.7 Å². The Labute approximate surface area is 184 Å². The monoisotopic (exact) mass is 448 g/mol. The highest BCUT2D eigenvalue weighted by molar-refractivity contribution is 6.00. The van der Waals surface area contributed by atoms with E-state index in [9.17, 15) is 19.2 Å². The lowest BCUT2D eigenvalue weighted by Gasteiger charge is -2.33. The molecule has 1 fully saturated rings. The molecule has 0 spiro atoms. The van der Waals surface area contributed by atoms with Crippen LogP contribution < -0.4 is 16.4 Å². The number of methoxy groups -OCH3 is 1. The predicted molar refractivity (Wildman–Crippen MR) is 113 cm³/mol. The van der Waals surface area contributed by atoms with Gasteiger partial charge in [-0.25, -0.2) is 9.31 Å². The Morgan fingerprint density at radius 2 is 1.91 bits per heavy atom. The molecule has 3 amide bonds. The number of carbonyl (C=O) groups excluding carboxylic acids is 3. The van der Waals surface area contributed by atoms with Gasteiger partial charge in [0.05, 0.1) is 11.9 Å². The first-order chi connectivity index (χ1) is 15.1. The van der Waals surface area contributed by atoms with Crippen molar-refractivity contribution in [3.8, 4) is 0 Å². The number of hydrogen-bond acceptors (Lipinski definition) is 7. The van der Waals surface area contributed by atoms with Crippen LogP contribution in [0.3, 0.4) is 0 Å². The van der Waals surface area contributed by atoms with E-state index in [0.717, 1.165) is 0 Å². The zero-order chi connectivity index (χ0) is 23.5. The number of carbonyl (C=O) groups is 3. The summed E-state index contributed by atoms with van der Waals surface area (Å²) in [7, 11) is 1.36. The molecule has 2 aromatic rings. The van der Waals surface area contributed by atoms with Crippen molar-refractivity contribution in [1.82, 2.24) is 30.3 Å². The molecular formula is C20H28N6O6. The summed E-state index contributed by atoms with van der Waals surface area (Å²) in [5.74, 6) is -1.18. The molecule has 3 heterocycles. The van der Waals surface area contributed by atoms with E-state index in [1.165, 1.54) is 23.9 Å². The molecule has 0 bridgehead atoms. The summed E-state index contributed by atoms with van der Waals surface area (Å²) in [6, 6.07) is 1.45. The third-order valence-electron chi connectivity index (χ3n) is 4.93. The molecule has 0 aliphatic carbocycles. The average Bonchev–Trinajstić information content (AvgIpc) is 3.14. The Morgan fingerprint density at radius 1 is 1.22 bits per heavy atom. The molecule has 0 saturated carbocycles. The average molecular weight is 448 g/mol. The van der Waals surface area contributed by atoms with Crippen molar-refractivity contribution in [2.24, 2.45) is 0 Å². The van der Waals surface area contributed by atoms with Gasteiger partial charge in [0.1, 0.15) is 23.4 Å². The minimum absolute atomic E-state index is 0.0318. The number of hydrogen-bond donors (Lipinski definition) is 3. The van der Waals surface area contributed by atoms with Crippen molar-refractivity contribution in [3.05, 3.63) is 33.9 Å². The van der Waals surface area contributed by atoms with Crippen molar-refractivity contribution in [2.45, 2.75) is 45.1 Å². The second kappa shape index (κ2) is 9.39. The Hall–Kier alpha value is -3.41. The zero-order valence-corrected chi connectivity index (χ0v) is 18.6. The van der Waals surface area contributed by atoms with E-state index in [-0.39, 0.29) is 35.4 Å². The topological polar surface area (TPSA) is 147 Å². The molecule has 1 aliphatic heterocycles. The third-order valence-corrected chi connectivity index (χ3v) is 4.93. The molecule has 0 unspecified atom stereocenters. The molecule has 0 radical (unpaired) electrons. The van der Waals surface area contributed by atoms with Gasteiger partial charge in [-0.3, -0.25) is 25.2 Å². The number of rotatable bonds is 4. The van der Waals surface area contributed by atoms with Crippen molar-refractivity contribution in [2.75, 3.05) is 26.8 Å². The number of aromatic nitrogens is 3. The lowest BCUT2D eigenvalue weighted by Crippen LogP contribution is -2.43. The number of nitrogens with zero attached hydrogens (tertiary/aromatic N) is 3. The summed E-state index contributed by atoms with van der Waals surface area (Å²) in [5.41, 5.74) is 4.52. The van der Waals surface area contributed by atoms with Gasteiger partial charge in [0.15, 0.2) is 0 Å². The number of ether oxygens (including phenoxy) is 2. The molecule has 0 aromatic carbocycles. The molecular weight excluding hydrogens is 420 g/mol. The van der Waals surface area contributed by atoms with Crippen LogP contribution in [-0.2, 0) is 14.3 Å². The molecule has 1 aliphatic rings. The Kier molecular flexibility index (Phi) is 6.82. The molecule has 32 heavy (non-hydrogen) atoms. The predicted octanol–water partition coefficient (Wildman–Crippen LogP) is 0.545. The number of likely N-dealkylation sites (tertiary alicyclic amines) is 1. The summed E-state index contributed by atoms with van der Waals surface area (Å²) >= 11 is 0. The van der Waals surface area contributed by atoms with Gasteiger partial charge >= 0.3 is 6.09 Å². The highest BCUT2D eigenvalue weighted by Crippen LogP contribution is 2.28. The van der Waals surface area contributed by atoms with E-state index < -0.39 is 17.4 Å². The van der Waals surface area contributed by atoms with E-state index in [1.54, 1.807) is 4.90 Å². The van der Waals surface area contributed by atoms with Crippen molar-refractivity contribution in [3.63, 3.8) is 0 Å². The maximum Gasteiger partial charge on any atom is 0.410 e. The van der Waals surface area contributed by atoms with Gasteiger partial charge in [-0.1, -0.05) is 0 Å². The molecule has 1 saturated heterocycles. The number of piperidine rings is 1. The van der Waals surface area contributed by atoms with Crippen LogP contribution in [0, 0.1) is 0 Å². The van der Waals surface area contributed by atoms with E-state index >= 15 is 0 Å². The first-order valence-electron chi connectivity index (χ1n) is 10.3. The van der Waals surface area contributed by atoms with Crippen LogP contribution in [0.5, 0.6) is 0 Å². The zero-order valence-electron chi connectivity index (χ0n) is 18.6. The Bertz CT molecular complexity index is 1060. The number of hydrazine groups is 1. The fourth-order valence-corrected chi connectivity index (χ4v) is 3.51. The van der Waals surface area contributed by atoms with Gasteiger partial charge in [-0.15, -0.1) is 0 Å². The van der Waals surface area contributed by atoms with Crippen LogP contribution in [-0.4, -0.2) is 69.8 Å². The summed E-state index contributed by atoms with van der Waals surface area (Å²) < 4.78 is 11.6. The fraction of sp³-hybridized carbons (Fsp3) is 0.550. The minimum atomic E-state index is -0.628. The molecule has 0 atom stereocenters. The lowest BCUT2D eigenvalue weighted by molar-refractivity contribution is -0.125. The third kappa shape index (κ3) is 5.44. The van der Waals surface area contributed by atoms with Crippen LogP contribution >= 0.6 is 0 Å². The van der Waals surface area contributed by atoms with Crippen LogP contribution in [0.2, 0.25) is 0 Å². The molecule has 174 valence electrons. The van der Waals surface area contributed by atoms with Gasteiger partial charge in [-0.2, -0.15) is 5.10 Å². The fourth-order valence-electron chi connectivity index (χ4n) is 3.51. The SMILES string of the molecule is COCC(=O)NNC(=O)c1cnn2c(C3CCN(C(=O)OC(C)(C)C)CC3)cc(=O)[nH]c12. The summed E-state index contributed by atoms with van der Waals surface area (Å²) in [5, 5.41) is 4.27. The Balaban J connectivity index is 1.75. The summed E-state index contributed by atoms with van der Waals surface area (Å²) in [4.78, 5) is 52.8. The summed E-state index contributed by atoms with van der Waals surface area (Å²) in [6.45, 7) is 6.21. The van der Waals surface area contributed by atoms with Crippen molar-refractivity contribution >= 4 is 23.6 Å². The lowest BCUT2D eigenvalue weighted by atomic mass is 9.93. The van der Waals surface area contributed by atoms with Gasteiger partial charge in [0, 0.05) is 32.2 Å². The summed E-state index contributed by atoms with van der Waals surface area (Å²) in [6.07, 6.45) is 2.20. The number of amides is 3. The van der Waals surface area contributed by atoms with Gasteiger partial charge < -0.3 is 19.4 Å². The Morgan fingerprint density at radius 3 is 2.53 bits per heavy atom. The molecule has 3 rings (SSSR count). The smallest absolute Gasteiger partial charge is 0.410 e. The molecule has 3 N–H and O–H groups in total. The molecule has 2 aromatic heterocycles. The highest BCUT2D eigenvalue weighted by atomic mass is 16.6. The van der Waals surface area contributed by atoms with Crippen LogP contribution in [0.15, 0.2) is 17.1 Å². The normalized spacial score (nSPS) is 14.9. The largest absolute Gasteiger partial charge is 0.444 e. The van der Waals surface area contributed by atoms with E-state index in [0.29, 0.717) is 31.6 Å². The number of fused-ring (bicyclic) bond motifs is 1. The van der Waals surface area contributed by atoms with Gasteiger partial charge in [0.2, 0.25) is 0 Å². The van der Waals surface area contributed by atoms with Crippen LogP contribution in [0.4, 0.5) is 4.79 Å². The van der Waals surface area contributed by atoms with Gasteiger partial charge in [0.25, 0.3) is 17.4 Å². The quantitative estimate of drug-likeness (QED) is 0.579. The van der Waals surface area contributed by atoms with Crippen molar-refractivity contribution < 1.29 is 23.9 Å². The minimum Gasteiger partial charge on any atom is -0.444 e. The molecule has 12 nitrogen and oxygen atoms in total. The van der Waals surface area contributed by atoms with Gasteiger partial charge in [-0.05, 0) is 33.6 Å². The van der Waals surface area contributed by atoms with Crippen molar-refractivity contribution in [1.29, 1.82) is 0 Å². The molecule has 12 heteroatoms. The highest BCUT2D eigenvalue weighted by Gasteiger charge is 2.29.